The van der Waals surface area contributed by atoms with Gasteiger partial charge in [0.1, 0.15) is 0 Å². The van der Waals surface area contributed by atoms with E-state index in [0.717, 1.165) is 0 Å². The number of benzene rings is 2. The lowest BCUT2D eigenvalue weighted by Crippen LogP contribution is -2.17. The van der Waals surface area contributed by atoms with Crippen molar-refractivity contribution in [2.45, 2.75) is 141 Å². The molecule has 0 aliphatic carbocycles. The Kier molecular flexibility index (Phi) is 13.3. The molecular formula is C39H64. The fourth-order valence-electron chi connectivity index (χ4n) is 6.76. The second kappa shape index (κ2) is 15.4. The molecule has 0 aromatic heterocycles. The van der Waals surface area contributed by atoms with E-state index in [1.54, 1.807) is 44.5 Å². The van der Waals surface area contributed by atoms with Crippen LogP contribution in [0, 0.1) is 35.5 Å². The van der Waals surface area contributed by atoms with Crippen LogP contribution in [0.4, 0.5) is 0 Å². The van der Waals surface area contributed by atoms with E-state index in [1.807, 2.05) is 0 Å². The number of hydrogen-bond acceptors (Lipinski definition) is 0. The van der Waals surface area contributed by atoms with Crippen LogP contribution in [-0.2, 0) is 38.5 Å². The summed E-state index contributed by atoms with van der Waals surface area (Å²) in [6, 6.07) is 10.4. The highest BCUT2D eigenvalue weighted by Gasteiger charge is 2.27. The third-order valence-corrected chi connectivity index (χ3v) is 7.73. The molecule has 0 radical (unpaired) electrons. The first-order valence-electron chi connectivity index (χ1n) is 16.5. The highest BCUT2D eigenvalue weighted by molar-refractivity contribution is 5.52. The van der Waals surface area contributed by atoms with Gasteiger partial charge in [-0.15, -0.1) is 0 Å². The molecule has 0 aliphatic rings. The summed E-state index contributed by atoms with van der Waals surface area (Å²) in [5.41, 5.74) is 13.0. The Morgan fingerprint density at radius 1 is 0.385 bits per heavy atom. The zero-order valence-corrected chi connectivity index (χ0v) is 28.3. The summed E-state index contributed by atoms with van der Waals surface area (Å²) in [6.07, 6.45) is 8.21. The first-order chi connectivity index (χ1) is 18.2. The Balaban J connectivity index is 2.95. The Hall–Kier alpha value is -1.56. The second-order valence-corrected chi connectivity index (χ2v) is 15.2. The lowest BCUT2D eigenvalue weighted by atomic mass is 9.73. The minimum Gasteiger partial charge on any atom is -0.0645 e. The van der Waals surface area contributed by atoms with Crippen LogP contribution in [-0.4, -0.2) is 0 Å². The summed E-state index contributed by atoms with van der Waals surface area (Å²) in [5.74, 6) is 4.45. The molecule has 0 nitrogen and oxygen atoms in total. The summed E-state index contributed by atoms with van der Waals surface area (Å²) in [5, 5.41) is 0. The fraction of sp³-hybridized carbons (Fsp3) is 0.692. The van der Waals surface area contributed by atoms with Crippen LogP contribution < -0.4 is 0 Å². The van der Waals surface area contributed by atoms with Gasteiger partial charge < -0.3 is 0 Å². The van der Waals surface area contributed by atoms with Crippen molar-refractivity contribution < 1.29 is 0 Å². The molecule has 0 heterocycles. The molecule has 39 heavy (non-hydrogen) atoms. The maximum absolute atomic E-state index is 2.61. The number of hydrogen-bond donors (Lipinski definition) is 0. The maximum atomic E-state index is 2.61. The van der Waals surface area contributed by atoms with Crippen LogP contribution in [0.3, 0.4) is 0 Å². The predicted molar refractivity (Wildman–Crippen MR) is 176 cm³/mol. The third kappa shape index (κ3) is 10.4. The van der Waals surface area contributed by atoms with Crippen molar-refractivity contribution in [1.29, 1.82) is 0 Å². The molecule has 0 atom stereocenters. The topological polar surface area (TPSA) is 0 Å². The van der Waals surface area contributed by atoms with Crippen LogP contribution in [0.15, 0.2) is 24.3 Å². The van der Waals surface area contributed by atoms with Crippen molar-refractivity contribution in [2.24, 2.45) is 35.5 Å². The van der Waals surface area contributed by atoms with E-state index in [9.17, 15) is 0 Å². The van der Waals surface area contributed by atoms with Gasteiger partial charge in [-0.05, 0) is 125 Å². The third-order valence-electron chi connectivity index (χ3n) is 7.73. The van der Waals surface area contributed by atoms with Gasteiger partial charge >= 0.3 is 0 Å². The van der Waals surface area contributed by atoms with E-state index in [0.29, 0.717) is 41.4 Å². The van der Waals surface area contributed by atoms with Crippen molar-refractivity contribution in [3.63, 3.8) is 0 Å². The van der Waals surface area contributed by atoms with Gasteiger partial charge in [0, 0.05) is 5.92 Å². The average molecular weight is 533 g/mol. The van der Waals surface area contributed by atoms with Crippen LogP contribution in [0.2, 0.25) is 0 Å². The van der Waals surface area contributed by atoms with Crippen molar-refractivity contribution in [3.05, 3.63) is 68.8 Å². The Morgan fingerprint density at radius 2 is 0.615 bits per heavy atom. The largest absolute Gasteiger partial charge is 0.0645 e. The normalized spacial score (nSPS) is 12.5. The molecule has 0 bridgehead atoms. The van der Waals surface area contributed by atoms with E-state index in [2.05, 4.69) is 114 Å². The van der Waals surface area contributed by atoms with Crippen molar-refractivity contribution in [1.82, 2.24) is 0 Å². The van der Waals surface area contributed by atoms with Crippen LogP contribution in [0.25, 0.3) is 0 Å². The minimum absolute atomic E-state index is 0.469. The number of rotatable bonds is 15. The van der Waals surface area contributed by atoms with Crippen molar-refractivity contribution >= 4 is 0 Å². The lowest BCUT2D eigenvalue weighted by Gasteiger charge is -2.31. The van der Waals surface area contributed by atoms with Crippen LogP contribution in [0.1, 0.15) is 147 Å². The molecule has 0 saturated heterocycles. The van der Waals surface area contributed by atoms with E-state index in [1.165, 1.54) is 44.9 Å². The quantitative estimate of drug-likeness (QED) is 0.214. The SMILES string of the molecule is CCC(c1c(CC(C)C)cc(CC(C)C)cc1CC(C)C)c1c(CC(C)C)cc(CC(C)C)cc1CC(C)C. The zero-order valence-electron chi connectivity index (χ0n) is 28.3. The Bertz CT molecular complexity index is 871. The highest BCUT2D eigenvalue weighted by atomic mass is 14.3. The van der Waals surface area contributed by atoms with E-state index < -0.39 is 0 Å². The first-order valence-corrected chi connectivity index (χ1v) is 16.5. The average Bonchev–Trinajstić information content (AvgIpc) is 2.74. The zero-order chi connectivity index (χ0) is 29.4. The van der Waals surface area contributed by atoms with Crippen molar-refractivity contribution in [2.75, 3.05) is 0 Å². The standard InChI is InChI=1S/C39H64/c1-14-37(38-33(17-27(6)7)21-31(15-25(2)3)22-34(38)18-28(8)9)39-35(19-29(10)11)23-32(16-26(4)5)24-36(39)20-30(12)13/h21-30,37H,14-20H2,1-13H3. The Morgan fingerprint density at radius 3 is 0.795 bits per heavy atom. The highest BCUT2D eigenvalue weighted by Crippen LogP contribution is 2.41. The summed E-state index contributed by atoms with van der Waals surface area (Å²) < 4.78 is 0. The van der Waals surface area contributed by atoms with Gasteiger partial charge in [-0.3, -0.25) is 0 Å². The van der Waals surface area contributed by atoms with Gasteiger partial charge in [-0.1, -0.05) is 114 Å². The maximum Gasteiger partial charge on any atom is 0.00976 e. The minimum atomic E-state index is 0.469. The molecular weight excluding hydrogens is 468 g/mol. The van der Waals surface area contributed by atoms with Gasteiger partial charge in [0.25, 0.3) is 0 Å². The molecule has 0 saturated carbocycles. The molecule has 0 spiro atoms. The summed E-state index contributed by atoms with van der Waals surface area (Å²) in [6.45, 7) is 31.1. The van der Waals surface area contributed by atoms with Gasteiger partial charge in [0.2, 0.25) is 0 Å². The fourth-order valence-corrected chi connectivity index (χ4v) is 6.76. The molecule has 2 aromatic rings. The van der Waals surface area contributed by atoms with Crippen LogP contribution in [0.5, 0.6) is 0 Å². The molecule has 0 N–H and O–H groups in total. The van der Waals surface area contributed by atoms with E-state index >= 15 is 0 Å². The molecule has 220 valence electrons. The summed E-state index contributed by atoms with van der Waals surface area (Å²) in [7, 11) is 0. The molecule has 2 aromatic carbocycles. The second-order valence-electron chi connectivity index (χ2n) is 15.2. The molecule has 2 rings (SSSR count). The molecule has 0 fully saturated rings. The Labute approximate surface area is 244 Å². The monoisotopic (exact) mass is 533 g/mol. The van der Waals surface area contributed by atoms with E-state index in [4.69, 9.17) is 0 Å². The van der Waals surface area contributed by atoms with Crippen LogP contribution >= 0.6 is 0 Å². The van der Waals surface area contributed by atoms with Crippen molar-refractivity contribution in [3.8, 4) is 0 Å². The summed E-state index contributed by atoms with van der Waals surface area (Å²) >= 11 is 0. The van der Waals surface area contributed by atoms with Gasteiger partial charge in [-0.2, -0.15) is 0 Å². The predicted octanol–water partition coefficient (Wildman–Crippen LogP) is 11.4. The van der Waals surface area contributed by atoms with E-state index in [-0.39, 0.29) is 0 Å². The lowest BCUT2D eigenvalue weighted by molar-refractivity contribution is 0.592. The molecule has 0 heteroatoms. The van der Waals surface area contributed by atoms with Gasteiger partial charge in [-0.25, -0.2) is 0 Å². The molecule has 0 unspecified atom stereocenters. The summed E-state index contributed by atoms with van der Waals surface area (Å²) in [4.78, 5) is 0. The van der Waals surface area contributed by atoms with Gasteiger partial charge in [0.05, 0.1) is 0 Å². The van der Waals surface area contributed by atoms with Gasteiger partial charge in [0.15, 0.2) is 0 Å². The molecule has 0 amide bonds. The molecule has 0 aliphatic heterocycles. The smallest absolute Gasteiger partial charge is 0.00976 e. The first kappa shape index (κ1) is 33.6.